The molecule has 0 saturated carbocycles. The summed E-state index contributed by atoms with van der Waals surface area (Å²) in [5.41, 5.74) is 1.59. The lowest BCUT2D eigenvalue weighted by Gasteiger charge is -2.17. The van der Waals surface area contributed by atoms with Crippen molar-refractivity contribution in [2.75, 3.05) is 40.1 Å². The minimum Gasteiger partial charge on any atom is -0.452 e. The highest BCUT2D eigenvalue weighted by molar-refractivity contribution is 6.11. The number of anilines is 1. The van der Waals surface area contributed by atoms with Crippen LogP contribution in [-0.2, 0) is 26.9 Å². The van der Waals surface area contributed by atoms with Crippen LogP contribution in [0.2, 0.25) is 0 Å². The first-order valence-corrected chi connectivity index (χ1v) is 15.7. The lowest BCUT2D eigenvalue weighted by molar-refractivity contribution is -0.137. The van der Waals surface area contributed by atoms with E-state index in [9.17, 15) is 37.1 Å². The normalized spacial score (nSPS) is 11.0. The molecule has 266 valence electrons. The van der Waals surface area contributed by atoms with Gasteiger partial charge in [0.25, 0.3) is 17.7 Å². The van der Waals surface area contributed by atoms with Crippen LogP contribution in [0.15, 0.2) is 91.0 Å². The van der Waals surface area contributed by atoms with Crippen LogP contribution in [0, 0.1) is 0 Å². The van der Waals surface area contributed by atoms with Crippen molar-refractivity contribution in [3.8, 4) is 16.9 Å². The number of carbonyl (C=O) groups is 5. The second-order valence-electron chi connectivity index (χ2n) is 11.9. The number of nitrogens with one attached hydrogen (secondary N) is 1. The Bertz CT molecular complexity index is 1910. The Morgan fingerprint density at radius 3 is 2.06 bits per heavy atom. The van der Waals surface area contributed by atoms with E-state index in [2.05, 4.69) is 5.32 Å². The number of ether oxygens (including phenoxy) is 2. The molecule has 51 heavy (non-hydrogen) atoms. The molecule has 4 aromatic carbocycles. The maximum Gasteiger partial charge on any atom is 0.416 e. The molecule has 0 aromatic heterocycles. The molecule has 0 bridgehead atoms. The number of halogens is 3. The Hall–Kier alpha value is -5.98. The second kappa shape index (κ2) is 16.6. The van der Waals surface area contributed by atoms with Gasteiger partial charge < -0.3 is 24.6 Å². The second-order valence-corrected chi connectivity index (χ2v) is 11.9. The van der Waals surface area contributed by atoms with E-state index in [1.807, 2.05) is 0 Å². The van der Waals surface area contributed by atoms with E-state index in [4.69, 9.17) is 9.47 Å². The summed E-state index contributed by atoms with van der Waals surface area (Å²) in [6.45, 7) is -0.395. The van der Waals surface area contributed by atoms with Gasteiger partial charge in [0.05, 0.1) is 22.4 Å². The van der Waals surface area contributed by atoms with Crippen molar-refractivity contribution in [3.05, 3.63) is 119 Å². The average Bonchev–Trinajstić information content (AvgIpc) is 3.10. The summed E-state index contributed by atoms with van der Waals surface area (Å²) in [6.07, 6.45) is -3.66. The molecule has 0 fully saturated rings. The summed E-state index contributed by atoms with van der Waals surface area (Å²) < 4.78 is 49.6. The number of amides is 3. The van der Waals surface area contributed by atoms with E-state index in [1.165, 1.54) is 46.2 Å². The van der Waals surface area contributed by atoms with Crippen molar-refractivity contribution >= 4 is 35.3 Å². The van der Waals surface area contributed by atoms with Gasteiger partial charge >= 0.3 is 18.1 Å². The Morgan fingerprint density at radius 2 is 1.43 bits per heavy atom. The highest BCUT2D eigenvalue weighted by atomic mass is 19.4. The zero-order valence-corrected chi connectivity index (χ0v) is 28.4. The zero-order chi connectivity index (χ0) is 37.3. The van der Waals surface area contributed by atoms with Gasteiger partial charge in [0.1, 0.15) is 5.75 Å². The number of likely N-dealkylation sites (N-methyl/N-ethyl adjacent to an activating group) is 1. The molecule has 0 saturated heterocycles. The molecule has 0 spiro atoms. The summed E-state index contributed by atoms with van der Waals surface area (Å²) >= 11 is 0. The number of aryl methyl sites for hydroxylation is 1. The number of alkyl halides is 3. The monoisotopic (exact) mass is 703 g/mol. The number of carbonyl (C=O) groups excluding carboxylic acids is 5. The molecule has 10 nitrogen and oxygen atoms in total. The molecule has 0 atom stereocenters. The van der Waals surface area contributed by atoms with Crippen molar-refractivity contribution in [1.82, 2.24) is 9.80 Å². The standard InChI is InChI=1S/C38H36F3N3O7/c1-43(2)33(45)23-50-37(49)26-15-19-28(20-16-26)51-34(46)11-7-8-24-12-21-32(31(22-24)36(48)44(3)4)42-35(47)30-10-6-5-9-29(30)25-13-17-27(18-14-25)38(39,40)41/h5-6,9-10,12-22H,7-8,11,23H2,1-4H3,(H,42,47). The summed E-state index contributed by atoms with van der Waals surface area (Å²) in [4.78, 5) is 65.6. The number of esters is 2. The third-order valence-electron chi connectivity index (χ3n) is 7.66. The minimum atomic E-state index is -4.50. The van der Waals surface area contributed by atoms with Crippen LogP contribution in [0.4, 0.5) is 18.9 Å². The fourth-order valence-corrected chi connectivity index (χ4v) is 4.85. The van der Waals surface area contributed by atoms with Crippen molar-refractivity contribution in [2.24, 2.45) is 0 Å². The molecule has 3 amide bonds. The molecule has 0 aliphatic heterocycles. The van der Waals surface area contributed by atoms with Gasteiger partial charge in [-0.3, -0.25) is 19.2 Å². The molecule has 0 aliphatic rings. The van der Waals surface area contributed by atoms with Crippen molar-refractivity contribution in [3.63, 3.8) is 0 Å². The van der Waals surface area contributed by atoms with E-state index in [0.29, 0.717) is 24.0 Å². The summed E-state index contributed by atoms with van der Waals surface area (Å²) in [7, 11) is 6.22. The molecule has 0 unspecified atom stereocenters. The van der Waals surface area contributed by atoms with E-state index in [0.717, 1.165) is 17.7 Å². The van der Waals surface area contributed by atoms with Crippen LogP contribution in [0.1, 0.15) is 55.0 Å². The highest BCUT2D eigenvalue weighted by Gasteiger charge is 2.30. The molecule has 0 aliphatic carbocycles. The number of nitrogens with zero attached hydrogens (tertiary/aromatic N) is 2. The van der Waals surface area contributed by atoms with E-state index < -0.39 is 36.2 Å². The van der Waals surface area contributed by atoms with Crippen LogP contribution in [-0.4, -0.2) is 74.3 Å². The Labute approximate surface area is 292 Å². The summed E-state index contributed by atoms with van der Waals surface area (Å²) in [5.74, 6) is -2.28. The van der Waals surface area contributed by atoms with Gasteiger partial charge in [0, 0.05) is 40.2 Å². The Morgan fingerprint density at radius 1 is 0.765 bits per heavy atom. The maximum absolute atomic E-state index is 13.5. The Kier molecular flexibility index (Phi) is 12.3. The fraction of sp³-hybridized carbons (Fsp3) is 0.237. The molecule has 13 heteroatoms. The summed E-state index contributed by atoms with van der Waals surface area (Å²) in [6, 6.07) is 21.6. The molecule has 0 heterocycles. The van der Waals surface area contributed by atoms with Crippen LogP contribution < -0.4 is 10.1 Å². The lowest BCUT2D eigenvalue weighted by Crippen LogP contribution is -2.27. The van der Waals surface area contributed by atoms with E-state index >= 15 is 0 Å². The van der Waals surface area contributed by atoms with Gasteiger partial charge in [0.2, 0.25) is 0 Å². The van der Waals surface area contributed by atoms with Crippen LogP contribution in [0.5, 0.6) is 5.75 Å². The predicted octanol–water partition coefficient (Wildman–Crippen LogP) is 6.50. The number of hydrogen-bond donors (Lipinski definition) is 1. The first kappa shape index (κ1) is 37.8. The van der Waals surface area contributed by atoms with E-state index in [-0.39, 0.29) is 46.4 Å². The average molecular weight is 704 g/mol. The van der Waals surface area contributed by atoms with Gasteiger partial charge in [-0.25, -0.2) is 4.79 Å². The lowest BCUT2D eigenvalue weighted by atomic mass is 9.97. The van der Waals surface area contributed by atoms with Gasteiger partial charge in [-0.2, -0.15) is 13.2 Å². The van der Waals surface area contributed by atoms with Gasteiger partial charge in [-0.15, -0.1) is 0 Å². The molecular formula is C38H36F3N3O7. The number of rotatable bonds is 12. The van der Waals surface area contributed by atoms with Gasteiger partial charge in [-0.1, -0.05) is 36.4 Å². The molecular weight excluding hydrogens is 667 g/mol. The molecule has 4 rings (SSSR count). The highest BCUT2D eigenvalue weighted by Crippen LogP contribution is 2.32. The maximum atomic E-state index is 13.5. The molecule has 4 aromatic rings. The molecule has 0 radical (unpaired) electrons. The van der Waals surface area contributed by atoms with Crippen molar-refractivity contribution < 1.29 is 46.6 Å². The largest absolute Gasteiger partial charge is 0.452 e. The number of benzene rings is 4. The van der Waals surface area contributed by atoms with Crippen molar-refractivity contribution in [2.45, 2.75) is 25.4 Å². The minimum absolute atomic E-state index is 0.0482. The SMILES string of the molecule is CN(C)C(=O)COC(=O)c1ccc(OC(=O)CCCc2ccc(NC(=O)c3ccccc3-c3ccc(C(F)(F)F)cc3)c(C(=O)N(C)C)c2)cc1. The third kappa shape index (κ3) is 10.3. The quantitative estimate of drug-likeness (QED) is 0.132. The van der Waals surface area contributed by atoms with E-state index in [1.54, 1.807) is 70.7 Å². The fourth-order valence-electron chi connectivity index (χ4n) is 4.85. The number of hydrogen-bond acceptors (Lipinski definition) is 7. The predicted molar refractivity (Wildman–Crippen MR) is 183 cm³/mol. The summed E-state index contributed by atoms with van der Waals surface area (Å²) in [5, 5.41) is 2.78. The smallest absolute Gasteiger partial charge is 0.416 e. The first-order chi connectivity index (χ1) is 24.1. The third-order valence-corrected chi connectivity index (χ3v) is 7.66. The zero-order valence-electron chi connectivity index (χ0n) is 28.4. The van der Waals surface area contributed by atoms with Crippen molar-refractivity contribution in [1.29, 1.82) is 0 Å². The van der Waals surface area contributed by atoms with Crippen LogP contribution in [0.3, 0.4) is 0 Å². The Balaban J connectivity index is 1.39. The molecule has 1 N–H and O–H groups in total. The van der Waals surface area contributed by atoms with Crippen LogP contribution in [0.25, 0.3) is 11.1 Å². The first-order valence-electron chi connectivity index (χ1n) is 15.7. The topological polar surface area (TPSA) is 122 Å². The van der Waals surface area contributed by atoms with Gasteiger partial charge in [-0.05, 0) is 84.1 Å². The van der Waals surface area contributed by atoms with Gasteiger partial charge in [0.15, 0.2) is 6.61 Å². The van der Waals surface area contributed by atoms with Crippen LogP contribution >= 0.6 is 0 Å².